The van der Waals surface area contributed by atoms with E-state index in [1.807, 2.05) is 19.1 Å². The first-order valence-corrected chi connectivity index (χ1v) is 7.70. The predicted molar refractivity (Wildman–Crippen MR) is 80.5 cm³/mol. The Morgan fingerprint density at radius 3 is 2.32 bits per heavy atom. The number of rotatable bonds is 10. The van der Waals surface area contributed by atoms with Crippen molar-refractivity contribution in [3.63, 3.8) is 0 Å². The van der Waals surface area contributed by atoms with Crippen molar-refractivity contribution in [3.8, 4) is 0 Å². The highest BCUT2D eigenvalue weighted by atomic mass is 16.1. The van der Waals surface area contributed by atoms with E-state index in [9.17, 15) is 4.79 Å². The Hall–Kier alpha value is -1.18. The van der Waals surface area contributed by atoms with Crippen LogP contribution in [-0.2, 0) is 0 Å². The van der Waals surface area contributed by atoms with Gasteiger partial charge in [0.1, 0.15) is 5.69 Å². The summed E-state index contributed by atoms with van der Waals surface area (Å²) < 4.78 is 0. The molecule has 1 rings (SSSR count). The van der Waals surface area contributed by atoms with Gasteiger partial charge in [0.25, 0.3) is 0 Å². The van der Waals surface area contributed by atoms with E-state index in [0.29, 0.717) is 12.1 Å². The summed E-state index contributed by atoms with van der Waals surface area (Å²) in [6.07, 6.45) is 12.5. The van der Waals surface area contributed by atoms with Crippen molar-refractivity contribution < 1.29 is 4.79 Å². The molecule has 0 saturated heterocycles. The first-order chi connectivity index (χ1) is 9.25. The highest BCUT2D eigenvalue weighted by molar-refractivity contribution is 5.95. The van der Waals surface area contributed by atoms with Crippen molar-refractivity contribution in [2.75, 3.05) is 0 Å². The molecule has 2 heteroatoms. The summed E-state index contributed by atoms with van der Waals surface area (Å²) in [5, 5.41) is 0. The second-order valence-electron chi connectivity index (χ2n) is 5.32. The third-order valence-corrected chi connectivity index (χ3v) is 3.53. The van der Waals surface area contributed by atoms with Crippen LogP contribution in [0.15, 0.2) is 18.3 Å². The predicted octanol–water partition coefficient (Wildman–Crippen LogP) is 5.10. The molecule has 0 N–H and O–H groups in total. The summed E-state index contributed by atoms with van der Waals surface area (Å²) in [4.78, 5) is 16.2. The molecule has 2 nitrogen and oxygen atoms in total. The minimum Gasteiger partial charge on any atom is -0.292 e. The number of hydrogen-bond donors (Lipinski definition) is 0. The smallest absolute Gasteiger partial charge is 0.181 e. The molecule has 1 aromatic heterocycles. The third kappa shape index (κ3) is 6.51. The summed E-state index contributed by atoms with van der Waals surface area (Å²) in [7, 11) is 0. The third-order valence-electron chi connectivity index (χ3n) is 3.53. The van der Waals surface area contributed by atoms with E-state index in [0.717, 1.165) is 12.0 Å². The Morgan fingerprint density at radius 2 is 1.68 bits per heavy atom. The van der Waals surface area contributed by atoms with Gasteiger partial charge in [-0.15, -0.1) is 0 Å². The molecule has 0 atom stereocenters. The topological polar surface area (TPSA) is 30.0 Å². The van der Waals surface area contributed by atoms with E-state index in [4.69, 9.17) is 0 Å². The first kappa shape index (κ1) is 15.9. The van der Waals surface area contributed by atoms with Crippen molar-refractivity contribution in [2.45, 2.75) is 71.6 Å². The number of Topliss-reactive ketones (excluding diaryl/α,β-unsaturated/α-hetero) is 1. The lowest BCUT2D eigenvalue weighted by Crippen LogP contribution is -2.04. The van der Waals surface area contributed by atoms with E-state index in [1.165, 1.54) is 44.9 Å². The van der Waals surface area contributed by atoms with E-state index in [1.54, 1.807) is 6.20 Å². The van der Waals surface area contributed by atoms with Crippen LogP contribution in [0.4, 0.5) is 0 Å². The molecule has 1 aromatic rings. The van der Waals surface area contributed by atoms with Crippen LogP contribution in [0.1, 0.15) is 80.8 Å². The van der Waals surface area contributed by atoms with Crippen molar-refractivity contribution in [2.24, 2.45) is 0 Å². The van der Waals surface area contributed by atoms with Crippen molar-refractivity contribution >= 4 is 5.78 Å². The van der Waals surface area contributed by atoms with Gasteiger partial charge in [-0.1, -0.05) is 57.9 Å². The van der Waals surface area contributed by atoms with Gasteiger partial charge in [0.15, 0.2) is 5.78 Å². The summed E-state index contributed by atoms with van der Waals surface area (Å²) >= 11 is 0. The van der Waals surface area contributed by atoms with Gasteiger partial charge in [-0.05, 0) is 25.0 Å². The second kappa shape index (κ2) is 9.71. The normalized spacial score (nSPS) is 10.6. The number of hydrogen-bond acceptors (Lipinski definition) is 2. The van der Waals surface area contributed by atoms with Gasteiger partial charge >= 0.3 is 0 Å². The van der Waals surface area contributed by atoms with E-state index in [2.05, 4.69) is 11.9 Å². The molecule has 0 bridgehead atoms. The molecular weight excluding hydrogens is 234 g/mol. The standard InChI is InChI=1S/C17H27NO/c1-3-4-5-6-7-8-9-10-13-16(19)17-15(2)12-11-14-18-17/h11-12,14H,3-10,13H2,1-2H3. The molecule has 0 saturated carbocycles. The lowest BCUT2D eigenvalue weighted by atomic mass is 10.0. The SMILES string of the molecule is CCCCCCCCCCC(=O)c1ncccc1C. The van der Waals surface area contributed by atoms with Crippen molar-refractivity contribution in [3.05, 3.63) is 29.6 Å². The Balaban J connectivity index is 2.10. The van der Waals surface area contributed by atoms with Crippen LogP contribution in [0, 0.1) is 6.92 Å². The van der Waals surface area contributed by atoms with Gasteiger partial charge in [-0.25, -0.2) is 0 Å². The second-order valence-corrected chi connectivity index (χ2v) is 5.32. The summed E-state index contributed by atoms with van der Waals surface area (Å²) in [6.45, 7) is 4.19. The summed E-state index contributed by atoms with van der Waals surface area (Å²) in [6, 6.07) is 3.83. The highest BCUT2D eigenvalue weighted by Crippen LogP contribution is 2.12. The van der Waals surface area contributed by atoms with E-state index < -0.39 is 0 Å². The lowest BCUT2D eigenvalue weighted by Gasteiger charge is -2.04. The average molecular weight is 261 g/mol. The van der Waals surface area contributed by atoms with Gasteiger partial charge in [0.05, 0.1) is 0 Å². The van der Waals surface area contributed by atoms with Crippen LogP contribution >= 0.6 is 0 Å². The summed E-state index contributed by atoms with van der Waals surface area (Å²) in [5.41, 5.74) is 1.65. The number of aryl methyl sites for hydroxylation is 1. The van der Waals surface area contributed by atoms with Crippen LogP contribution in [0.3, 0.4) is 0 Å². The zero-order valence-corrected chi connectivity index (χ0v) is 12.5. The minimum absolute atomic E-state index is 0.198. The lowest BCUT2D eigenvalue weighted by molar-refractivity contribution is 0.0973. The zero-order valence-electron chi connectivity index (χ0n) is 12.5. The quantitative estimate of drug-likeness (QED) is 0.433. The number of nitrogens with zero attached hydrogens (tertiary/aromatic N) is 1. The Labute approximate surface area is 117 Å². The largest absolute Gasteiger partial charge is 0.292 e. The van der Waals surface area contributed by atoms with Crippen LogP contribution in [0.25, 0.3) is 0 Å². The average Bonchev–Trinajstić information content (AvgIpc) is 2.42. The van der Waals surface area contributed by atoms with Gasteiger partial charge in [0, 0.05) is 12.6 Å². The Morgan fingerprint density at radius 1 is 1.05 bits per heavy atom. The van der Waals surface area contributed by atoms with Gasteiger partial charge in [-0.3, -0.25) is 9.78 Å². The molecule has 0 spiro atoms. The molecule has 0 amide bonds. The molecule has 0 aliphatic heterocycles. The van der Waals surface area contributed by atoms with Crippen LogP contribution in [0.5, 0.6) is 0 Å². The fraction of sp³-hybridized carbons (Fsp3) is 0.647. The highest BCUT2D eigenvalue weighted by Gasteiger charge is 2.09. The molecule has 19 heavy (non-hydrogen) atoms. The van der Waals surface area contributed by atoms with Gasteiger partial charge in [0.2, 0.25) is 0 Å². The first-order valence-electron chi connectivity index (χ1n) is 7.70. The number of aromatic nitrogens is 1. The molecule has 1 heterocycles. The number of ketones is 1. The molecule has 0 aliphatic carbocycles. The molecule has 0 aromatic carbocycles. The van der Waals surface area contributed by atoms with Crippen molar-refractivity contribution in [1.82, 2.24) is 4.98 Å². The van der Waals surface area contributed by atoms with Crippen LogP contribution in [0.2, 0.25) is 0 Å². The van der Waals surface area contributed by atoms with Crippen LogP contribution < -0.4 is 0 Å². The maximum absolute atomic E-state index is 12.0. The van der Waals surface area contributed by atoms with E-state index in [-0.39, 0.29) is 5.78 Å². The summed E-state index contributed by atoms with van der Waals surface area (Å²) in [5.74, 6) is 0.198. The zero-order chi connectivity index (χ0) is 13.9. The van der Waals surface area contributed by atoms with E-state index >= 15 is 0 Å². The molecule has 0 aliphatic rings. The molecule has 106 valence electrons. The molecular formula is C17H27NO. The number of pyridine rings is 1. The molecule has 0 fully saturated rings. The number of unbranched alkanes of at least 4 members (excludes halogenated alkanes) is 7. The fourth-order valence-electron chi connectivity index (χ4n) is 2.32. The van der Waals surface area contributed by atoms with Crippen LogP contribution in [-0.4, -0.2) is 10.8 Å². The number of carbonyl (C=O) groups excluding carboxylic acids is 1. The molecule has 0 radical (unpaired) electrons. The number of carbonyl (C=O) groups is 1. The fourth-order valence-corrected chi connectivity index (χ4v) is 2.32. The minimum atomic E-state index is 0.198. The maximum Gasteiger partial charge on any atom is 0.181 e. The van der Waals surface area contributed by atoms with Crippen molar-refractivity contribution in [1.29, 1.82) is 0 Å². The Kier molecular flexibility index (Phi) is 8.11. The monoisotopic (exact) mass is 261 g/mol. The van der Waals surface area contributed by atoms with Gasteiger partial charge in [-0.2, -0.15) is 0 Å². The Bertz CT molecular complexity index is 373. The maximum atomic E-state index is 12.0. The molecule has 0 unspecified atom stereocenters. The van der Waals surface area contributed by atoms with Gasteiger partial charge < -0.3 is 0 Å².